The van der Waals surface area contributed by atoms with Gasteiger partial charge >= 0.3 is 110 Å². The Bertz CT molecular complexity index is 6650. The van der Waals surface area contributed by atoms with Crippen LogP contribution in [-0.4, -0.2) is 262 Å². The summed E-state index contributed by atoms with van der Waals surface area (Å²) in [4.78, 5) is 95.8. The van der Waals surface area contributed by atoms with Crippen molar-refractivity contribution >= 4 is 214 Å². The maximum atomic E-state index is 10.4. The van der Waals surface area contributed by atoms with Crippen LogP contribution in [0.1, 0.15) is 25.7 Å². The molecule has 0 spiro atoms. The van der Waals surface area contributed by atoms with Crippen molar-refractivity contribution in [3.63, 3.8) is 0 Å². The molecule has 0 saturated heterocycles. The number of pyridine rings is 4. The average Bonchev–Trinajstić information content (AvgIpc) is 1.60. The Balaban J connectivity index is 0.000000463. The van der Waals surface area contributed by atoms with Crippen LogP contribution in [-0.2, 0) is 114 Å². The molecule has 10 aromatic heterocycles. The Morgan fingerprint density at radius 3 is 0.507 bits per heavy atom. The molecule has 14 heterocycles. The van der Waals surface area contributed by atoms with E-state index in [2.05, 4.69) is 66.3 Å². The molecule has 4 aliphatic heterocycles. The molecule has 0 atom stereocenters. The number of fused-ring (bicyclic) bond motifs is 40. The van der Waals surface area contributed by atoms with Crippen molar-refractivity contribution in [3.8, 4) is 91.6 Å². The molecule has 40 nitrogen and oxygen atoms in total. The van der Waals surface area contributed by atoms with Gasteiger partial charge in [0.1, 0.15) is 85.4 Å². The van der Waals surface area contributed by atoms with Gasteiger partial charge < -0.3 is 78.0 Å². The Morgan fingerprint density at radius 1 is 0.225 bits per heavy atom. The maximum absolute atomic E-state index is 10.4. The van der Waals surface area contributed by atoms with E-state index >= 15 is 0 Å². The quantitative estimate of drug-likeness (QED) is 0.0533. The molecule has 0 N–H and O–H groups in total. The molecule has 0 amide bonds. The summed E-state index contributed by atoms with van der Waals surface area (Å²) in [5, 5.41) is 6.81. The second kappa shape index (κ2) is 55.2. The first-order valence-corrected chi connectivity index (χ1v) is 55.6. The molecule has 16 bridgehead atoms. The van der Waals surface area contributed by atoms with Crippen molar-refractivity contribution in [3.05, 3.63) is 170 Å². The Hall–Kier alpha value is -7.77. The molecular formula is C80H76Cl4Cu2Li4N20O20S8. The summed E-state index contributed by atoms with van der Waals surface area (Å²) in [6.45, 7) is 0. The molecule has 4 aromatic carbocycles. The standard InChI is InChI=1S/2C30H14N10.4C4H10O5S2.4CH3Cl.2Cu.4Li/c1-3-9-17-15(7-1)23-33-25(17)37-29-22-20(12-6-14-32-22)28(40-29)36-24-16-8-2-4-10-18(16)26(34-24)38-30-21-19(11-5-13-31-21)27(35-23)39-30;1-2-8-16-15(7-1)23-33-24(16)36-28-20-12-6-14-32-22(20)30(40-28)38-26-18-10-4-3-9-17(18)25(34-26)37-29-21-19(11-5-13-31-21)27(35-23)39-29;4*1-10(5,6)3-2-4-11(7,8)9;4*1-2;;;;;;/h2*1-14H;4*2-4H2,1H3,(H,7,8,9);4*1H3;;;;;;/q2*-2;;;;;;;;;2*+2;4*+1/p-4. The van der Waals surface area contributed by atoms with Gasteiger partial charge in [0, 0.05) is 166 Å². The van der Waals surface area contributed by atoms with E-state index < -0.39 is 103 Å². The first-order valence-electron chi connectivity index (χ1n) is 38.0. The smallest absolute Gasteiger partial charge is 0.748 e. The van der Waals surface area contributed by atoms with Gasteiger partial charge in [-0.2, -0.15) is 0 Å². The zero-order chi connectivity index (χ0) is 96.9. The number of hydrogen-bond acceptors (Lipinski definition) is 36. The third kappa shape index (κ3) is 36.0. The first-order chi connectivity index (χ1) is 62.4. The van der Waals surface area contributed by atoms with Crippen LogP contribution in [0.25, 0.3) is 180 Å². The van der Waals surface area contributed by atoms with Gasteiger partial charge in [0.05, 0.1) is 86.8 Å². The van der Waals surface area contributed by atoms with E-state index in [4.69, 9.17) is 79.7 Å². The van der Waals surface area contributed by atoms with Crippen molar-refractivity contribution < 1.29 is 195 Å². The van der Waals surface area contributed by atoms with Crippen LogP contribution in [0.2, 0.25) is 0 Å². The van der Waals surface area contributed by atoms with Crippen LogP contribution in [0.4, 0.5) is 0 Å². The molecular weight excluding hydrogens is 2110 g/mol. The van der Waals surface area contributed by atoms with Crippen LogP contribution in [0.3, 0.4) is 0 Å². The minimum atomic E-state index is -4.26. The Kier molecular flexibility index (Phi) is 49.7. The molecule has 0 saturated carbocycles. The predicted octanol–water partition coefficient (Wildman–Crippen LogP) is -2.87. The number of benzene rings is 4. The van der Waals surface area contributed by atoms with E-state index in [0.717, 1.165) is 90.4 Å². The molecule has 0 fully saturated rings. The molecule has 14 aromatic rings. The van der Waals surface area contributed by atoms with Crippen LogP contribution in [0.5, 0.6) is 0 Å². The number of halogens is 4. The van der Waals surface area contributed by atoms with E-state index in [0.29, 0.717) is 115 Å². The normalized spacial score (nSPS) is 11.4. The van der Waals surface area contributed by atoms with Gasteiger partial charge in [-0.05, 0) is 117 Å². The fourth-order valence-electron chi connectivity index (χ4n) is 12.4. The minimum Gasteiger partial charge on any atom is -0.748 e. The summed E-state index contributed by atoms with van der Waals surface area (Å²) >= 11 is 18.6. The minimum absolute atomic E-state index is 0. The van der Waals surface area contributed by atoms with Gasteiger partial charge in [-0.3, -0.25) is 19.9 Å². The maximum Gasteiger partial charge on any atom is 2.00 e. The average molecular weight is 2190 g/mol. The summed E-state index contributed by atoms with van der Waals surface area (Å²) < 4.78 is 203. The molecule has 718 valence electrons. The summed E-state index contributed by atoms with van der Waals surface area (Å²) in [6.07, 6.45) is 16.2. The van der Waals surface area contributed by atoms with Crippen LogP contribution >= 0.6 is 46.4 Å². The van der Waals surface area contributed by atoms with Crippen LogP contribution in [0, 0.1) is 0 Å². The van der Waals surface area contributed by atoms with Crippen molar-refractivity contribution in [1.29, 1.82) is 0 Å². The predicted molar refractivity (Wildman–Crippen MR) is 502 cm³/mol. The van der Waals surface area contributed by atoms with Gasteiger partial charge in [0.25, 0.3) is 0 Å². The molecule has 18 rings (SSSR count). The first kappa shape index (κ1) is 124. The molecule has 138 heavy (non-hydrogen) atoms. The van der Waals surface area contributed by atoms with Crippen molar-refractivity contribution in [2.75, 3.05) is 96.6 Å². The Labute approximate surface area is 884 Å². The molecule has 2 radical (unpaired) electrons. The van der Waals surface area contributed by atoms with Gasteiger partial charge in [-0.15, -0.1) is 46.4 Å². The van der Waals surface area contributed by atoms with Crippen molar-refractivity contribution in [1.82, 2.24) is 99.7 Å². The number of rotatable bonds is 16. The number of nitrogens with zero attached hydrogens (tertiary/aromatic N) is 20. The number of hydrogen-bond donors (Lipinski definition) is 0. The summed E-state index contributed by atoms with van der Waals surface area (Å²) in [6, 6.07) is 46.5. The third-order valence-corrected chi connectivity index (χ3v) is 25.0. The van der Waals surface area contributed by atoms with E-state index in [1.54, 1.807) is 24.8 Å². The largest absolute Gasteiger partial charge is 2.00 e. The van der Waals surface area contributed by atoms with E-state index in [1.807, 2.05) is 146 Å². The summed E-state index contributed by atoms with van der Waals surface area (Å²) in [7, 11) is -29.6. The van der Waals surface area contributed by atoms with Gasteiger partial charge in [-0.1, -0.05) is 97.1 Å². The van der Waals surface area contributed by atoms with Crippen molar-refractivity contribution in [2.24, 2.45) is 0 Å². The van der Waals surface area contributed by atoms with Gasteiger partial charge in [0.2, 0.25) is 0 Å². The van der Waals surface area contributed by atoms with E-state index in [-0.39, 0.29) is 158 Å². The molecule has 58 heteroatoms. The van der Waals surface area contributed by atoms with E-state index in [9.17, 15) is 85.6 Å². The zero-order valence-corrected chi connectivity index (χ0v) is 86.6. The third-order valence-electron chi connectivity index (χ3n) is 17.7. The zero-order valence-electron chi connectivity index (χ0n) is 75.1. The number of sulfone groups is 4. The second-order valence-corrected chi connectivity index (χ2v) is 42.9. The van der Waals surface area contributed by atoms with Gasteiger partial charge in [-0.25, -0.2) is 87.3 Å². The SMILES string of the molecule is CCl.CCl.CCl.CCl.CS(=O)(=O)CCCS(=O)(=O)[O-].CS(=O)(=O)CCCS(=O)(=O)[O-].CS(=O)(=O)CCCS(=O)(=O)[O-].CS(=O)(=O)CCCS(=O)(=O)[O-].[Cu+2].[Cu+2].[Li+].[Li+].[Li+].[Li+].c1cnc2c(c1)-c1nc-2nc2[n-]c(nc3nc(nc4[n-]c(n1)c1ccccc41)-c1cccnc1-3)c1ccccc21.c1cnc2c(c1)-c1nc-2nc2[n-]c(nc3nc(nc4[n-]c(n1)c1ccccc41)-c1ncccc1-3)c1ccccc21. The fourth-order valence-corrected chi connectivity index (χ4v) is 17.8. The topological polar surface area (TPSA) is 628 Å². The molecule has 0 aliphatic carbocycles. The van der Waals surface area contributed by atoms with Crippen molar-refractivity contribution in [2.45, 2.75) is 25.7 Å². The monoisotopic (exact) mass is 2190 g/mol. The van der Waals surface area contributed by atoms with Gasteiger partial charge in [0.15, 0.2) is 0 Å². The number of aromatic nitrogens is 20. The van der Waals surface area contributed by atoms with Crippen LogP contribution < -0.4 is 95.4 Å². The fraction of sp³-hybridized carbons (Fsp3) is 0.250. The second-order valence-electron chi connectivity index (χ2n) is 27.7. The molecule has 0 unspecified atom stereocenters. The Morgan fingerprint density at radius 2 is 0.370 bits per heavy atom. The molecule has 4 aliphatic rings. The van der Waals surface area contributed by atoms with Crippen LogP contribution in [0.15, 0.2) is 170 Å². The summed E-state index contributed by atoms with van der Waals surface area (Å²) in [5.74, 6) is 0.166. The van der Waals surface area contributed by atoms with E-state index in [1.165, 1.54) is 25.5 Å². The number of alkyl halides is 4. The summed E-state index contributed by atoms with van der Waals surface area (Å²) in [5.41, 5.74) is 9.63.